The van der Waals surface area contributed by atoms with Gasteiger partial charge in [0.25, 0.3) is 0 Å². The molecule has 0 radical (unpaired) electrons. The first-order valence-corrected chi connectivity index (χ1v) is 12.7. The number of benzene rings is 2. The molecule has 0 fully saturated rings. The second-order valence-corrected chi connectivity index (χ2v) is 10.3. The van der Waals surface area contributed by atoms with Crippen LogP contribution in [0.25, 0.3) is 0 Å². The number of hydrogen-bond acceptors (Lipinski definition) is 7. The van der Waals surface area contributed by atoms with Gasteiger partial charge in [-0.1, -0.05) is 29.0 Å². The van der Waals surface area contributed by atoms with Crippen molar-refractivity contribution in [3.05, 3.63) is 76.6 Å². The summed E-state index contributed by atoms with van der Waals surface area (Å²) in [5.74, 6) is -1.20. The minimum atomic E-state index is -3.95. The van der Waals surface area contributed by atoms with E-state index in [0.717, 1.165) is 36.0 Å². The summed E-state index contributed by atoms with van der Waals surface area (Å²) in [5.41, 5.74) is 9.42. The summed E-state index contributed by atoms with van der Waals surface area (Å²) in [7, 11) is -2.60. The zero-order valence-corrected chi connectivity index (χ0v) is 20.3. The van der Waals surface area contributed by atoms with Crippen LogP contribution in [0.2, 0.25) is 0 Å². The van der Waals surface area contributed by atoms with Gasteiger partial charge in [-0.15, -0.1) is 5.10 Å². The topological polar surface area (TPSA) is 146 Å². The van der Waals surface area contributed by atoms with Crippen LogP contribution in [-0.4, -0.2) is 48.4 Å². The van der Waals surface area contributed by atoms with E-state index in [1.54, 1.807) is 29.1 Å². The van der Waals surface area contributed by atoms with Crippen LogP contribution in [-0.2, 0) is 32.4 Å². The number of aromatic nitrogens is 3. The molecule has 1 aliphatic carbocycles. The fourth-order valence-corrected chi connectivity index (χ4v) is 5.45. The molecule has 184 valence electrons. The molecule has 11 heteroatoms. The largest absolute Gasteiger partial charge is 0.465 e. The molecule has 2 aromatic carbocycles. The van der Waals surface area contributed by atoms with Crippen molar-refractivity contribution in [2.24, 2.45) is 5.73 Å². The van der Waals surface area contributed by atoms with E-state index in [-0.39, 0.29) is 23.3 Å². The fraction of sp³-hybridized carbons (Fsp3) is 0.333. The van der Waals surface area contributed by atoms with Gasteiger partial charge in [-0.05, 0) is 61.6 Å². The maximum atomic E-state index is 12.7. The van der Waals surface area contributed by atoms with E-state index < -0.39 is 22.0 Å². The summed E-state index contributed by atoms with van der Waals surface area (Å²) in [4.78, 5) is 24.0. The normalized spacial score (nSPS) is 16.3. The van der Waals surface area contributed by atoms with E-state index in [2.05, 4.69) is 15.0 Å². The van der Waals surface area contributed by atoms with Crippen molar-refractivity contribution in [1.82, 2.24) is 19.7 Å². The molecule has 0 bridgehead atoms. The van der Waals surface area contributed by atoms with Gasteiger partial charge in [-0.3, -0.25) is 4.79 Å². The SMILES string of the molecule is COC(=O)c1ccc2c(c1)CCCC2n1cc(C[C@@H](NS(=O)(=O)c2ccc(C)cc2)C(N)=O)nn1. The lowest BCUT2D eigenvalue weighted by molar-refractivity contribution is -0.119. The molecule has 1 heterocycles. The highest BCUT2D eigenvalue weighted by Crippen LogP contribution is 2.33. The van der Waals surface area contributed by atoms with Crippen LogP contribution >= 0.6 is 0 Å². The Balaban J connectivity index is 1.53. The van der Waals surface area contributed by atoms with Gasteiger partial charge in [0.15, 0.2) is 0 Å². The summed E-state index contributed by atoms with van der Waals surface area (Å²) in [5, 5.41) is 8.39. The molecule has 1 amide bonds. The van der Waals surface area contributed by atoms with Gasteiger partial charge in [0.1, 0.15) is 6.04 Å². The molecule has 2 atom stereocenters. The third-order valence-electron chi connectivity index (χ3n) is 6.11. The first kappa shape index (κ1) is 24.6. The lowest BCUT2D eigenvalue weighted by Crippen LogP contribution is -2.45. The Morgan fingerprint density at radius 1 is 1.23 bits per heavy atom. The third kappa shape index (κ3) is 5.41. The highest BCUT2D eigenvalue weighted by molar-refractivity contribution is 7.89. The van der Waals surface area contributed by atoms with Crippen molar-refractivity contribution in [2.45, 2.75) is 49.6 Å². The second kappa shape index (κ2) is 9.96. The lowest BCUT2D eigenvalue weighted by atomic mass is 9.86. The number of carbonyl (C=O) groups excluding carboxylic acids is 2. The second-order valence-electron chi connectivity index (χ2n) is 8.60. The van der Waals surface area contributed by atoms with Gasteiger partial charge in [0.05, 0.1) is 29.3 Å². The van der Waals surface area contributed by atoms with Crippen LogP contribution < -0.4 is 10.5 Å². The molecule has 10 nitrogen and oxygen atoms in total. The minimum Gasteiger partial charge on any atom is -0.465 e. The Kier molecular flexibility index (Phi) is 6.99. The van der Waals surface area contributed by atoms with Gasteiger partial charge in [0, 0.05) is 12.6 Å². The first-order valence-electron chi connectivity index (χ1n) is 11.2. The Bertz CT molecular complexity index is 1350. The number of primary amides is 1. The number of methoxy groups -OCH3 is 1. The molecule has 1 aliphatic rings. The molecule has 0 aliphatic heterocycles. The molecule has 1 aromatic heterocycles. The van der Waals surface area contributed by atoms with Crippen LogP contribution in [0.15, 0.2) is 53.6 Å². The molecule has 3 aromatic rings. The number of nitrogens with zero attached hydrogens (tertiary/aromatic N) is 3. The maximum Gasteiger partial charge on any atom is 0.337 e. The maximum absolute atomic E-state index is 12.7. The minimum absolute atomic E-state index is 0.0404. The number of ether oxygens (including phenoxy) is 1. The number of sulfonamides is 1. The summed E-state index contributed by atoms with van der Waals surface area (Å²) in [6.45, 7) is 1.85. The number of fused-ring (bicyclic) bond motifs is 1. The van der Waals surface area contributed by atoms with Crippen molar-refractivity contribution >= 4 is 21.9 Å². The number of amides is 1. The summed E-state index contributed by atoms with van der Waals surface area (Å²) >= 11 is 0. The van der Waals surface area contributed by atoms with Crippen molar-refractivity contribution in [3.8, 4) is 0 Å². The molecule has 3 N–H and O–H groups in total. The van der Waals surface area contributed by atoms with Crippen molar-refractivity contribution in [2.75, 3.05) is 7.11 Å². The smallest absolute Gasteiger partial charge is 0.337 e. The average Bonchev–Trinajstić information content (AvgIpc) is 3.30. The molecule has 0 saturated heterocycles. The zero-order chi connectivity index (χ0) is 25.2. The number of nitrogens with two attached hydrogens (primary N) is 1. The van der Waals surface area contributed by atoms with Gasteiger partial charge in [-0.2, -0.15) is 4.72 Å². The molecule has 4 rings (SSSR count). The number of rotatable bonds is 8. The monoisotopic (exact) mass is 497 g/mol. The Hall–Kier alpha value is -3.57. The molecule has 1 unspecified atom stereocenters. The molecular formula is C24H27N5O5S. The van der Waals surface area contributed by atoms with Gasteiger partial charge in [0.2, 0.25) is 15.9 Å². The third-order valence-corrected chi connectivity index (χ3v) is 7.60. The van der Waals surface area contributed by atoms with Gasteiger partial charge < -0.3 is 10.5 Å². The van der Waals surface area contributed by atoms with E-state index >= 15 is 0 Å². The molecular weight excluding hydrogens is 470 g/mol. The van der Waals surface area contributed by atoms with Crippen molar-refractivity contribution < 1.29 is 22.7 Å². The lowest BCUT2D eigenvalue weighted by Gasteiger charge is -2.25. The van der Waals surface area contributed by atoms with Crippen LogP contribution in [0.4, 0.5) is 0 Å². The zero-order valence-electron chi connectivity index (χ0n) is 19.5. The number of esters is 1. The average molecular weight is 498 g/mol. The summed E-state index contributed by atoms with van der Waals surface area (Å²) < 4.78 is 34.4. The summed E-state index contributed by atoms with van der Waals surface area (Å²) in [6.07, 6.45) is 4.22. The molecule has 0 spiro atoms. The van der Waals surface area contributed by atoms with Crippen molar-refractivity contribution in [1.29, 1.82) is 0 Å². The van der Waals surface area contributed by atoms with E-state index in [4.69, 9.17) is 10.5 Å². The van der Waals surface area contributed by atoms with E-state index in [0.29, 0.717) is 11.3 Å². The predicted molar refractivity (Wildman–Crippen MR) is 127 cm³/mol. The first-order chi connectivity index (χ1) is 16.7. The Morgan fingerprint density at radius 3 is 2.66 bits per heavy atom. The van der Waals surface area contributed by atoms with E-state index in [9.17, 15) is 18.0 Å². The predicted octanol–water partition coefficient (Wildman–Crippen LogP) is 1.67. The molecule has 0 saturated carbocycles. The molecule has 35 heavy (non-hydrogen) atoms. The van der Waals surface area contributed by atoms with Crippen molar-refractivity contribution in [3.63, 3.8) is 0 Å². The Morgan fingerprint density at radius 2 is 1.97 bits per heavy atom. The summed E-state index contributed by atoms with van der Waals surface area (Å²) in [6, 6.07) is 10.5. The van der Waals surface area contributed by atoms with E-state index in [1.807, 2.05) is 19.1 Å². The number of hydrogen-bond donors (Lipinski definition) is 2. The number of carbonyl (C=O) groups is 2. The number of nitrogens with one attached hydrogen (secondary N) is 1. The van der Waals surface area contributed by atoms with Crippen LogP contribution in [0.3, 0.4) is 0 Å². The Labute approximate surface area is 203 Å². The van der Waals surface area contributed by atoms with Crippen LogP contribution in [0.1, 0.15) is 51.6 Å². The van der Waals surface area contributed by atoms with Crippen LogP contribution in [0.5, 0.6) is 0 Å². The highest BCUT2D eigenvalue weighted by Gasteiger charge is 2.27. The highest BCUT2D eigenvalue weighted by atomic mass is 32.2. The van der Waals surface area contributed by atoms with E-state index in [1.165, 1.54) is 19.2 Å². The van der Waals surface area contributed by atoms with Gasteiger partial charge in [-0.25, -0.2) is 17.9 Å². The fourth-order valence-electron chi connectivity index (χ4n) is 4.25. The van der Waals surface area contributed by atoms with Gasteiger partial charge >= 0.3 is 5.97 Å². The number of aryl methyl sites for hydroxylation is 2. The van der Waals surface area contributed by atoms with Crippen LogP contribution in [0, 0.1) is 6.92 Å². The standard InChI is InChI=1S/C24H27N5O5S/c1-15-6-9-19(10-7-15)35(32,33)27-21(23(25)30)13-18-14-29(28-26-18)22-5-3-4-16-12-17(24(31)34-2)8-11-20(16)22/h6-12,14,21-22,27H,3-5,13H2,1-2H3,(H2,25,30)/t21-,22?/m1/s1. The quantitative estimate of drug-likeness (QED) is 0.450.